The summed E-state index contributed by atoms with van der Waals surface area (Å²) >= 11 is 0. The van der Waals surface area contributed by atoms with Gasteiger partial charge in [-0.3, -0.25) is 4.79 Å². The summed E-state index contributed by atoms with van der Waals surface area (Å²) in [4.78, 5) is 10.7. The van der Waals surface area contributed by atoms with Gasteiger partial charge < -0.3 is 10.4 Å². The molecule has 2 atom stereocenters. The van der Waals surface area contributed by atoms with E-state index in [9.17, 15) is 4.79 Å². The topological polar surface area (TPSA) is 49.3 Å². The van der Waals surface area contributed by atoms with Crippen LogP contribution >= 0.6 is 0 Å². The van der Waals surface area contributed by atoms with Crippen molar-refractivity contribution in [3.05, 3.63) is 0 Å². The molecule has 14 heavy (non-hydrogen) atoms. The molecule has 1 saturated carbocycles. The van der Waals surface area contributed by atoms with Crippen molar-refractivity contribution in [1.29, 1.82) is 0 Å². The van der Waals surface area contributed by atoms with E-state index in [1.807, 2.05) is 0 Å². The maximum atomic E-state index is 10.7. The lowest BCUT2D eigenvalue weighted by Gasteiger charge is -2.29. The Morgan fingerprint density at radius 3 is 2.36 bits per heavy atom. The first kappa shape index (κ1) is 11.5. The highest BCUT2D eigenvalue weighted by molar-refractivity contribution is 5.72. The van der Waals surface area contributed by atoms with Gasteiger partial charge in [0, 0.05) is 6.04 Å². The van der Waals surface area contributed by atoms with Crippen molar-refractivity contribution in [2.24, 2.45) is 5.92 Å². The van der Waals surface area contributed by atoms with E-state index in [4.69, 9.17) is 5.11 Å². The van der Waals surface area contributed by atoms with Crippen LogP contribution in [0.4, 0.5) is 0 Å². The average Bonchev–Trinajstić information content (AvgIpc) is 2.19. The Kier molecular flexibility index (Phi) is 4.39. The normalized spacial score (nSPS) is 23.0. The molecule has 0 amide bonds. The Labute approximate surface area is 85.9 Å². The van der Waals surface area contributed by atoms with Crippen molar-refractivity contribution in [2.75, 3.05) is 0 Å². The van der Waals surface area contributed by atoms with Crippen molar-refractivity contribution in [3.8, 4) is 0 Å². The lowest BCUT2D eigenvalue weighted by atomic mass is 9.84. The van der Waals surface area contributed by atoms with Gasteiger partial charge in [-0.1, -0.05) is 19.3 Å². The van der Waals surface area contributed by atoms with E-state index in [0.29, 0.717) is 12.0 Å². The standard InChI is InChI=1S/C11H21NO2/c1-8(12-9(2)11(13)14)10-6-4-3-5-7-10/h8-10,12H,3-7H2,1-2H3,(H,13,14). The average molecular weight is 199 g/mol. The second-order valence-corrected chi connectivity index (χ2v) is 4.41. The molecule has 0 aromatic rings. The minimum absolute atomic E-state index is 0.335. The largest absolute Gasteiger partial charge is 0.480 e. The SMILES string of the molecule is CC(NC(C)C1CCCCC1)C(=O)O. The van der Waals surface area contributed by atoms with Gasteiger partial charge in [-0.25, -0.2) is 0 Å². The first-order valence-electron chi connectivity index (χ1n) is 5.60. The lowest BCUT2D eigenvalue weighted by Crippen LogP contribution is -2.43. The number of carbonyl (C=O) groups is 1. The molecule has 1 aliphatic carbocycles. The van der Waals surface area contributed by atoms with Crippen molar-refractivity contribution in [2.45, 2.75) is 58.0 Å². The molecule has 3 heteroatoms. The summed E-state index contributed by atoms with van der Waals surface area (Å²) in [5, 5.41) is 11.9. The number of hydrogen-bond acceptors (Lipinski definition) is 2. The van der Waals surface area contributed by atoms with Gasteiger partial charge in [-0.05, 0) is 32.6 Å². The van der Waals surface area contributed by atoms with Gasteiger partial charge in [0.25, 0.3) is 0 Å². The molecule has 0 aromatic heterocycles. The molecular weight excluding hydrogens is 178 g/mol. The molecule has 0 aliphatic heterocycles. The van der Waals surface area contributed by atoms with Crippen LogP contribution in [0.15, 0.2) is 0 Å². The number of carboxylic acids is 1. The van der Waals surface area contributed by atoms with Crippen LogP contribution in [0, 0.1) is 5.92 Å². The molecule has 0 saturated heterocycles. The minimum Gasteiger partial charge on any atom is -0.480 e. The second-order valence-electron chi connectivity index (χ2n) is 4.41. The third kappa shape index (κ3) is 3.29. The number of carboxylic acid groups (broad SMARTS) is 1. The molecule has 1 rings (SSSR count). The van der Waals surface area contributed by atoms with Crippen LogP contribution in [-0.4, -0.2) is 23.2 Å². The van der Waals surface area contributed by atoms with Crippen LogP contribution in [0.25, 0.3) is 0 Å². The van der Waals surface area contributed by atoms with Gasteiger partial charge in [0.05, 0.1) is 0 Å². The fraction of sp³-hybridized carbons (Fsp3) is 0.909. The second kappa shape index (κ2) is 5.35. The number of nitrogens with one attached hydrogen (secondary N) is 1. The number of aliphatic carboxylic acids is 1. The van der Waals surface area contributed by atoms with Crippen molar-refractivity contribution in [1.82, 2.24) is 5.32 Å². The van der Waals surface area contributed by atoms with Gasteiger partial charge >= 0.3 is 5.97 Å². The van der Waals surface area contributed by atoms with Gasteiger partial charge in [0.15, 0.2) is 0 Å². The van der Waals surface area contributed by atoms with Crippen LogP contribution in [-0.2, 0) is 4.79 Å². The minimum atomic E-state index is -0.757. The number of hydrogen-bond donors (Lipinski definition) is 2. The number of rotatable bonds is 4. The van der Waals surface area contributed by atoms with Crippen LogP contribution in [0.2, 0.25) is 0 Å². The molecule has 2 unspecified atom stereocenters. The Morgan fingerprint density at radius 2 is 1.86 bits per heavy atom. The zero-order valence-corrected chi connectivity index (χ0v) is 9.12. The van der Waals surface area contributed by atoms with Crippen LogP contribution in [0.5, 0.6) is 0 Å². The third-order valence-corrected chi connectivity index (χ3v) is 3.24. The predicted molar refractivity (Wildman–Crippen MR) is 56.3 cm³/mol. The third-order valence-electron chi connectivity index (χ3n) is 3.24. The van der Waals surface area contributed by atoms with E-state index in [1.54, 1.807) is 6.92 Å². The van der Waals surface area contributed by atoms with E-state index in [0.717, 1.165) is 0 Å². The molecule has 0 spiro atoms. The van der Waals surface area contributed by atoms with Gasteiger partial charge in [0.1, 0.15) is 6.04 Å². The summed E-state index contributed by atoms with van der Waals surface area (Å²) in [7, 11) is 0. The molecule has 2 N–H and O–H groups in total. The van der Waals surface area contributed by atoms with Crippen molar-refractivity contribution >= 4 is 5.97 Å². The maximum absolute atomic E-state index is 10.7. The molecule has 0 radical (unpaired) electrons. The van der Waals surface area contributed by atoms with E-state index >= 15 is 0 Å². The smallest absolute Gasteiger partial charge is 0.320 e. The summed E-state index contributed by atoms with van der Waals surface area (Å²) in [5.41, 5.74) is 0. The highest BCUT2D eigenvalue weighted by Gasteiger charge is 2.22. The van der Waals surface area contributed by atoms with E-state index in [1.165, 1.54) is 32.1 Å². The van der Waals surface area contributed by atoms with Gasteiger partial charge in [-0.15, -0.1) is 0 Å². The molecule has 0 heterocycles. The highest BCUT2D eigenvalue weighted by atomic mass is 16.4. The molecular formula is C11H21NO2. The summed E-state index contributed by atoms with van der Waals surface area (Å²) in [6.07, 6.45) is 6.45. The predicted octanol–water partition coefficient (Wildman–Crippen LogP) is 2.02. The monoisotopic (exact) mass is 199 g/mol. The van der Waals surface area contributed by atoms with Crippen molar-refractivity contribution in [3.63, 3.8) is 0 Å². The molecule has 1 fully saturated rings. The van der Waals surface area contributed by atoms with E-state index in [-0.39, 0.29) is 0 Å². The van der Waals surface area contributed by atoms with Crippen LogP contribution < -0.4 is 5.32 Å². The Balaban J connectivity index is 2.32. The molecule has 0 aromatic carbocycles. The first-order valence-corrected chi connectivity index (χ1v) is 5.60. The summed E-state index contributed by atoms with van der Waals surface area (Å²) in [5.74, 6) is -0.0850. The van der Waals surface area contributed by atoms with Gasteiger partial charge in [-0.2, -0.15) is 0 Å². The molecule has 82 valence electrons. The maximum Gasteiger partial charge on any atom is 0.320 e. The Bertz CT molecular complexity index is 188. The van der Waals surface area contributed by atoms with E-state index in [2.05, 4.69) is 12.2 Å². The fourth-order valence-electron chi connectivity index (χ4n) is 2.24. The Hall–Kier alpha value is -0.570. The highest BCUT2D eigenvalue weighted by Crippen LogP contribution is 2.26. The summed E-state index contributed by atoms with van der Waals surface area (Å²) in [6, 6.07) is -0.0895. The zero-order chi connectivity index (χ0) is 10.6. The van der Waals surface area contributed by atoms with E-state index < -0.39 is 12.0 Å². The molecule has 1 aliphatic rings. The Morgan fingerprint density at radius 1 is 1.29 bits per heavy atom. The van der Waals surface area contributed by atoms with Crippen molar-refractivity contribution < 1.29 is 9.90 Å². The lowest BCUT2D eigenvalue weighted by molar-refractivity contribution is -0.139. The quantitative estimate of drug-likeness (QED) is 0.728. The fourth-order valence-corrected chi connectivity index (χ4v) is 2.24. The zero-order valence-electron chi connectivity index (χ0n) is 9.12. The van der Waals surface area contributed by atoms with Gasteiger partial charge in [0.2, 0.25) is 0 Å². The first-order chi connectivity index (χ1) is 6.61. The van der Waals surface area contributed by atoms with Crippen LogP contribution in [0.3, 0.4) is 0 Å². The molecule has 0 bridgehead atoms. The summed E-state index contributed by atoms with van der Waals surface area (Å²) < 4.78 is 0. The van der Waals surface area contributed by atoms with Crippen LogP contribution in [0.1, 0.15) is 46.0 Å². The summed E-state index contributed by atoms with van der Waals surface area (Å²) in [6.45, 7) is 3.82. The molecule has 3 nitrogen and oxygen atoms in total.